The molecule has 0 heterocycles. The second-order valence-corrected chi connectivity index (χ2v) is 5.52. The lowest BCUT2D eigenvalue weighted by atomic mass is 10.0. The number of hydrogen-bond donors (Lipinski definition) is 0. The number of aryl methyl sites for hydroxylation is 1. The molecule has 0 aromatic heterocycles. The zero-order valence-electron chi connectivity index (χ0n) is 8.91. The van der Waals surface area contributed by atoms with Crippen LogP contribution in [0.1, 0.15) is 18.9 Å². The van der Waals surface area contributed by atoms with Gasteiger partial charge in [-0.2, -0.15) is 0 Å². The van der Waals surface area contributed by atoms with Gasteiger partial charge in [-0.05, 0) is 29.2 Å². The number of alkyl halides is 1. The van der Waals surface area contributed by atoms with Crippen molar-refractivity contribution in [3.8, 4) is 0 Å². The van der Waals surface area contributed by atoms with Crippen LogP contribution in [0.15, 0.2) is 42.5 Å². The molecule has 1 atom stereocenters. The van der Waals surface area contributed by atoms with Crippen molar-refractivity contribution in [2.24, 2.45) is 0 Å². The fourth-order valence-corrected chi connectivity index (χ4v) is 2.09. The molecule has 2 rings (SSSR count). The van der Waals surface area contributed by atoms with Crippen LogP contribution >= 0.6 is 15.9 Å². The van der Waals surface area contributed by atoms with Crippen molar-refractivity contribution in [1.29, 1.82) is 0 Å². The van der Waals surface area contributed by atoms with Crippen molar-refractivity contribution in [2.75, 3.05) is 0 Å². The molecule has 0 aliphatic heterocycles. The molecule has 0 aliphatic carbocycles. The molecule has 0 aliphatic rings. The molecule has 0 spiro atoms. The van der Waals surface area contributed by atoms with Gasteiger partial charge < -0.3 is 0 Å². The lowest BCUT2D eigenvalue weighted by Crippen LogP contribution is -1.94. The van der Waals surface area contributed by atoms with Crippen LogP contribution < -0.4 is 0 Å². The standard InChI is InChI=1S/C14H15Br/c1-11(15)9-10-13-7-4-6-12-5-2-3-8-14(12)13/h2-8,11H,9-10H2,1H3. The molecule has 15 heavy (non-hydrogen) atoms. The van der Waals surface area contributed by atoms with Gasteiger partial charge in [-0.3, -0.25) is 0 Å². The van der Waals surface area contributed by atoms with E-state index in [-0.39, 0.29) is 0 Å². The van der Waals surface area contributed by atoms with Crippen molar-refractivity contribution in [3.63, 3.8) is 0 Å². The Labute approximate surface area is 99.4 Å². The van der Waals surface area contributed by atoms with E-state index >= 15 is 0 Å². The molecule has 2 aromatic rings. The molecule has 0 saturated heterocycles. The third kappa shape index (κ3) is 2.60. The number of halogens is 1. The third-order valence-corrected chi connectivity index (χ3v) is 3.15. The molecule has 0 bridgehead atoms. The lowest BCUT2D eigenvalue weighted by molar-refractivity contribution is 0.826. The molecular formula is C14H15Br. The predicted molar refractivity (Wildman–Crippen MR) is 70.7 cm³/mol. The van der Waals surface area contributed by atoms with Gasteiger partial charge in [0.05, 0.1) is 0 Å². The quantitative estimate of drug-likeness (QED) is 0.712. The maximum absolute atomic E-state index is 3.60. The fraction of sp³-hybridized carbons (Fsp3) is 0.286. The summed E-state index contributed by atoms with van der Waals surface area (Å²) in [6.45, 7) is 2.20. The highest BCUT2D eigenvalue weighted by Gasteiger charge is 2.01. The van der Waals surface area contributed by atoms with E-state index in [9.17, 15) is 0 Å². The molecule has 0 N–H and O–H groups in total. The highest BCUT2D eigenvalue weighted by molar-refractivity contribution is 9.09. The Bertz CT molecular complexity index is 441. The van der Waals surface area contributed by atoms with Gasteiger partial charge in [0.2, 0.25) is 0 Å². The minimum atomic E-state index is 0.594. The van der Waals surface area contributed by atoms with Gasteiger partial charge >= 0.3 is 0 Å². The molecule has 78 valence electrons. The lowest BCUT2D eigenvalue weighted by Gasteiger charge is -2.07. The molecule has 2 aromatic carbocycles. The highest BCUT2D eigenvalue weighted by Crippen LogP contribution is 2.20. The predicted octanol–water partition coefficient (Wildman–Crippen LogP) is 4.56. The summed E-state index contributed by atoms with van der Waals surface area (Å²) in [7, 11) is 0. The smallest absolute Gasteiger partial charge is 0.0120 e. The van der Waals surface area contributed by atoms with Gasteiger partial charge in [0.25, 0.3) is 0 Å². The Kier molecular flexibility index (Phi) is 3.42. The molecule has 0 radical (unpaired) electrons. The van der Waals surface area contributed by atoms with Crippen LogP contribution in [0, 0.1) is 0 Å². The van der Waals surface area contributed by atoms with Crippen molar-refractivity contribution in [3.05, 3.63) is 48.0 Å². The molecule has 1 unspecified atom stereocenters. The van der Waals surface area contributed by atoms with Crippen LogP contribution in [0.3, 0.4) is 0 Å². The molecule has 0 fully saturated rings. The van der Waals surface area contributed by atoms with Crippen molar-refractivity contribution < 1.29 is 0 Å². The van der Waals surface area contributed by atoms with Gasteiger partial charge in [-0.15, -0.1) is 0 Å². The van der Waals surface area contributed by atoms with Crippen LogP contribution in [-0.2, 0) is 6.42 Å². The van der Waals surface area contributed by atoms with E-state index in [2.05, 4.69) is 65.3 Å². The summed E-state index contributed by atoms with van der Waals surface area (Å²) < 4.78 is 0. The Morgan fingerprint density at radius 2 is 1.80 bits per heavy atom. The minimum Gasteiger partial charge on any atom is -0.0894 e. The van der Waals surface area contributed by atoms with E-state index < -0.39 is 0 Å². The van der Waals surface area contributed by atoms with Crippen LogP contribution in [0.25, 0.3) is 10.8 Å². The SMILES string of the molecule is CC(Br)CCc1cccc2ccccc12. The summed E-state index contributed by atoms with van der Waals surface area (Å²) >= 11 is 3.60. The average Bonchev–Trinajstić information content (AvgIpc) is 2.26. The van der Waals surface area contributed by atoms with Gasteiger partial charge in [-0.1, -0.05) is 65.3 Å². The number of fused-ring (bicyclic) bond motifs is 1. The first kappa shape index (κ1) is 10.7. The van der Waals surface area contributed by atoms with E-state index in [0.717, 1.165) is 6.42 Å². The number of hydrogen-bond acceptors (Lipinski definition) is 0. The maximum Gasteiger partial charge on any atom is 0.0120 e. The first-order valence-corrected chi connectivity index (χ1v) is 6.29. The fourth-order valence-electron chi connectivity index (χ4n) is 1.86. The second kappa shape index (κ2) is 4.80. The first-order chi connectivity index (χ1) is 7.27. The second-order valence-electron chi connectivity index (χ2n) is 3.96. The van der Waals surface area contributed by atoms with E-state index in [0.29, 0.717) is 4.83 Å². The summed E-state index contributed by atoms with van der Waals surface area (Å²) in [6, 6.07) is 15.2. The first-order valence-electron chi connectivity index (χ1n) is 5.38. The zero-order valence-corrected chi connectivity index (χ0v) is 10.5. The van der Waals surface area contributed by atoms with E-state index in [4.69, 9.17) is 0 Å². The van der Waals surface area contributed by atoms with Crippen LogP contribution in [-0.4, -0.2) is 4.83 Å². The van der Waals surface area contributed by atoms with Crippen LogP contribution in [0.4, 0.5) is 0 Å². The maximum atomic E-state index is 3.60. The Morgan fingerprint density at radius 1 is 1.07 bits per heavy atom. The number of benzene rings is 2. The van der Waals surface area contributed by atoms with Gasteiger partial charge in [0, 0.05) is 4.83 Å². The molecule has 0 amide bonds. The van der Waals surface area contributed by atoms with Crippen molar-refractivity contribution in [2.45, 2.75) is 24.6 Å². The van der Waals surface area contributed by atoms with Crippen molar-refractivity contribution >= 4 is 26.7 Å². The Hall–Kier alpha value is -0.820. The van der Waals surface area contributed by atoms with Gasteiger partial charge in [0.1, 0.15) is 0 Å². The van der Waals surface area contributed by atoms with E-state index in [1.54, 1.807) is 0 Å². The summed E-state index contributed by atoms with van der Waals surface area (Å²) in [6.07, 6.45) is 2.34. The summed E-state index contributed by atoms with van der Waals surface area (Å²) in [5.74, 6) is 0. The number of rotatable bonds is 3. The monoisotopic (exact) mass is 262 g/mol. The highest BCUT2D eigenvalue weighted by atomic mass is 79.9. The van der Waals surface area contributed by atoms with Crippen LogP contribution in [0.5, 0.6) is 0 Å². The van der Waals surface area contributed by atoms with E-state index in [1.807, 2.05) is 0 Å². The van der Waals surface area contributed by atoms with Gasteiger partial charge in [-0.25, -0.2) is 0 Å². The largest absolute Gasteiger partial charge is 0.0894 e. The van der Waals surface area contributed by atoms with Crippen LogP contribution in [0.2, 0.25) is 0 Å². The van der Waals surface area contributed by atoms with E-state index in [1.165, 1.54) is 22.8 Å². The molecular weight excluding hydrogens is 248 g/mol. The average molecular weight is 263 g/mol. The zero-order chi connectivity index (χ0) is 10.7. The van der Waals surface area contributed by atoms with Crippen molar-refractivity contribution in [1.82, 2.24) is 0 Å². The molecule has 0 nitrogen and oxygen atoms in total. The summed E-state index contributed by atoms with van der Waals surface area (Å²) in [5.41, 5.74) is 1.46. The van der Waals surface area contributed by atoms with Gasteiger partial charge in [0.15, 0.2) is 0 Å². The Morgan fingerprint density at radius 3 is 2.60 bits per heavy atom. The molecule has 0 saturated carbocycles. The minimum absolute atomic E-state index is 0.594. The topological polar surface area (TPSA) is 0 Å². The third-order valence-electron chi connectivity index (χ3n) is 2.69. The summed E-state index contributed by atoms with van der Waals surface area (Å²) in [4.78, 5) is 0.594. The normalized spacial score (nSPS) is 12.9. The molecule has 1 heteroatoms. The summed E-state index contributed by atoms with van der Waals surface area (Å²) in [5, 5.41) is 2.74. The Balaban J connectivity index is 2.34.